The van der Waals surface area contributed by atoms with Crippen molar-refractivity contribution in [1.29, 1.82) is 0 Å². The number of piperazine rings is 1. The highest BCUT2D eigenvalue weighted by Gasteiger charge is 2.34. The lowest BCUT2D eigenvalue weighted by Gasteiger charge is -2.42. The van der Waals surface area contributed by atoms with Crippen molar-refractivity contribution < 1.29 is 14.3 Å². The van der Waals surface area contributed by atoms with Gasteiger partial charge in [0.2, 0.25) is 5.91 Å². The first-order valence-electron chi connectivity index (χ1n) is 12.2. The first-order valence-corrected chi connectivity index (χ1v) is 12.2. The molecule has 5 rings (SSSR count). The van der Waals surface area contributed by atoms with E-state index in [-0.39, 0.29) is 17.9 Å². The van der Waals surface area contributed by atoms with Crippen molar-refractivity contribution in [3.05, 3.63) is 83.9 Å². The third-order valence-electron chi connectivity index (χ3n) is 6.86. The number of benzene rings is 3. The predicted molar refractivity (Wildman–Crippen MR) is 138 cm³/mol. The Morgan fingerprint density at radius 2 is 1.83 bits per heavy atom. The fraction of sp³-hybridized carbons (Fsp3) is 0.310. The van der Waals surface area contributed by atoms with E-state index in [1.165, 1.54) is 0 Å². The van der Waals surface area contributed by atoms with Gasteiger partial charge in [-0.2, -0.15) is 0 Å². The summed E-state index contributed by atoms with van der Waals surface area (Å²) < 4.78 is 11.7. The van der Waals surface area contributed by atoms with Crippen LogP contribution in [0.1, 0.15) is 37.3 Å². The van der Waals surface area contributed by atoms with Crippen molar-refractivity contribution in [3.8, 4) is 17.2 Å². The van der Waals surface area contributed by atoms with Gasteiger partial charge in [0.05, 0.1) is 18.6 Å². The normalized spacial score (nSPS) is 17.9. The van der Waals surface area contributed by atoms with E-state index < -0.39 is 0 Å². The van der Waals surface area contributed by atoms with Gasteiger partial charge >= 0.3 is 0 Å². The number of para-hydroxylation sites is 2. The lowest BCUT2D eigenvalue weighted by molar-refractivity contribution is -0.136. The van der Waals surface area contributed by atoms with Crippen LogP contribution in [0.2, 0.25) is 0 Å². The van der Waals surface area contributed by atoms with E-state index in [2.05, 4.69) is 30.9 Å². The van der Waals surface area contributed by atoms with E-state index in [4.69, 9.17) is 14.5 Å². The number of amidine groups is 1. The molecule has 0 N–H and O–H groups in total. The van der Waals surface area contributed by atoms with Gasteiger partial charge in [-0.3, -0.25) is 4.79 Å². The number of carbonyl (C=O) groups is 1. The summed E-state index contributed by atoms with van der Waals surface area (Å²) in [4.78, 5) is 22.9. The second-order valence-corrected chi connectivity index (χ2v) is 9.07. The fourth-order valence-electron chi connectivity index (χ4n) is 4.98. The van der Waals surface area contributed by atoms with Gasteiger partial charge in [0.1, 0.15) is 23.0 Å². The Morgan fingerprint density at radius 1 is 1.06 bits per heavy atom. The van der Waals surface area contributed by atoms with Crippen LogP contribution in [0.15, 0.2) is 77.8 Å². The molecule has 2 heterocycles. The molecule has 3 aromatic rings. The van der Waals surface area contributed by atoms with Crippen LogP contribution in [0, 0.1) is 0 Å². The first-order chi connectivity index (χ1) is 17.1. The number of hydrogen-bond donors (Lipinski definition) is 0. The van der Waals surface area contributed by atoms with Crippen molar-refractivity contribution >= 4 is 17.4 Å². The standard InChI is InChI=1S/C29H31N3O3/c1-4-23(21-10-6-5-7-11-21)29(33)32-17-16-31(19-20(32)2)28-24-15-14-22(34-3)18-27(24)35-26-13-9-8-12-25(26)30-28/h5-15,18,20,23H,4,16-17,19H2,1-3H3/t20-,23+/m0/s1. The number of methoxy groups -OCH3 is 1. The summed E-state index contributed by atoms with van der Waals surface area (Å²) in [5.74, 6) is 3.11. The molecule has 1 saturated heterocycles. The van der Waals surface area contributed by atoms with Crippen molar-refractivity contribution in [1.82, 2.24) is 9.80 Å². The number of fused-ring (bicyclic) bond motifs is 2. The number of nitrogens with zero attached hydrogens (tertiary/aromatic N) is 3. The number of ether oxygens (including phenoxy) is 2. The molecule has 0 saturated carbocycles. The lowest BCUT2D eigenvalue weighted by atomic mass is 9.94. The van der Waals surface area contributed by atoms with E-state index >= 15 is 0 Å². The zero-order valence-corrected chi connectivity index (χ0v) is 20.5. The summed E-state index contributed by atoms with van der Waals surface area (Å²) >= 11 is 0. The second kappa shape index (κ2) is 9.82. The molecule has 0 spiro atoms. The third-order valence-corrected chi connectivity index (χ3v) is 6.86. The average Bonchev–Trinajstić information content (AvgIpc) is 3.05. The molecular formula is C29H31N3O3. The summed E-state index contributed by atoms with van der Waals surface area (Å²) in [6.07, 6.45) is 0.784. The van der Waals surface area contributed by atoms with Crippen LogP contribution in [-0.4, -0.2) is 54.3 Å². The van der Waals surface area contributed by atoms with Crippen LogP contribution in [0.3, 0.4) is 0 Å². The number of rotatable bonds is 4. The molecule has 3 aromatic carbocycles. The Bertz CT molecular complexity index is 1240. The first kappa shape index (κ1) is 23.0. The predicted octanol–water partition coefficient (Wildman–Crippen LogP) is 5.61. The Kier molecular flexibility index (Phi) is 6.45. The molecular weight excluding hydrogens is 438 g/mol. The maximum Gasteiger partial charge on any atom is 0.230 e. The maximum atomic E-state index is 13.6. The van der Waals surface area contributed by atoms with E-state index in [1.54, 1.807) is 7.11 Å². The molecule has 2 atom stereocenters. The maximum absolute atomic E-state index is 13.6. The van der Waals surface area contributed by atoms with Gasteiger partial charge in [0.15, 0.2) is 5.75 Å². The summed E-state index contributed by atoms with van der Waals surface area (Å²) in [5, 5.41) is 0. The van der Waals surface area contributed by atoms with Gasteiger partial charge < -0.3 is 19.3 Å². The van der Waals surface area contributed by atoms with Crippen molar-refractivity contribution in [2.24, 2.45) is 4.99 Å². The third kappa shape index (κ3) is 4.48. The Labute approximate surface area is 206 Å². The van der Waals surface area contributed by atoms with Gasteiger partial charge in [-0.05, 0) is 43.2 Å². The largest absolute Gasteiger partial charge is 0.497 e. The molecule has 0 radical (unpaired) electrons. The smallest absolute Gasteiger partial charge is 0.230 e. The molecule has 2 aliphatic heterocycles. The number of carbonyl (C=O) groups excluding carboxylic acids is 1. The summed E-state index contributed by atoms with van der Waals surface area (Å²) in [7, 11) is 1.65. The van der Waals surface area contributed by atoms with Crippen molar-refractivity contribution in [2.75, 3.05) is 26.7 Å². The van der Waals surface area contributed by atoms with Crippen LogP contribution in [-0.2, 0) is 4.79 Å². The highest BCUT2D eigenvalue weighted by molar-refractivity contribution is 6.04. The quantitative estimate of drug-likeness (QED) is 0.499. The minimum Gasteiger partial charge on any atom is -0.497 e. The highest BCUT2D eigenvalue weighted by atomic mass is 16.5. The molecule has 6 heteroatoms. The molecule has 0 bridgehead atoms. The molecule has 0 unspecified atom stereocenters. The lowest BCUT2D eigenvalue weighted by Crippen LogP contribution is -2.56. The zero-order valence-electron chi connectivity index (χ0n) is 20.5. The topological polar surface area (TPSA) is 54.4 Å². The van der Waals surface area contributed by atoms with E-state index in [0.29, 0.717) is 31.1 Å². The van der Waals surface area contributed by atoms with Crippen LogP contribution in [0.4, 0.5) is 5.69 Å². The Balaban J connectivity index is 1.43. The fourth-order valence-corrected chi connectivity index (χ4v) is 4.98. The molecule has 6 nitrogen and oxygen atoms in total. The summed E-state index contributed by atoms with van der Waals surface area (Å²) in [6.45, 7) is 6.26. The van der Waals surface area contributed by atoms with Gasteiger partial charge in [-0.1, -0.05) is 49.4 Å². The van der Waals surface area contributed by atoms with Gasteiger partial charge in [0.25, 0.3) is 0 Å². The summed E-state index contributed by atoms with van der Waals surface area (Å²) in [6, 6.07) is 23.8. The highest BCUT2D eigenvalue weighted by Crippen LogP contribution is 2.39. The van der Waals surface area contributed by atoms with Crippen molar-refractivity contribution in [2.45, 2.75) is 32.2 Å². The molecule has 1 amide bonds. The molecule has 0 aliphatic carbocycles. The molecule has 0 aromatic heterocycles. The minimum absolute atomic E-state index is 0.0535. The average molecular weight is 470 g/mol. The zero-order chi connectivity index (χ0) is 24.4. The SMILES string of the molecule is CC[C@@H](C(=O)N1CCN(C2=Nc3ccccc3Oc3cc(OC)ccc32)C[C@@H]1C)c1ccccc1. The van der Waals surface area contributed by atoms with Crippen molar-refractivity contribution in [3.63, 3.8) is 0 Å². The van der Waals surface area contributed by atoms with E-state index in [9.17, 15) is 4.79 Å². The Morgan fingerprint density at radius 3 is 2.57 bits per heavy atom. The Hall–Kier alpha value is -3.80. The van der Waals surface area contributed by atoms with Crippen LogP contribution in [0.25, 0.3) is 0 Å². The minimum atomic E-state index is -0.117. The van der Waals surface area contributed by atoms with Gasteiger partial charge in [0, 0.05) is 31.7 Å². The number of amides is 1. The second-order valence-electron chi connectivity index (χ2n) is 9.07. The van der Waals surface area contributed by atoms with Crippen LogP contribution < -0.4 is 9.47 Å². The number of hydrogen-bond acceptors (Lipinski definition) is 5. The van der Waals surface area contributed by atoms with E-state index in [1.807, 2.05) is 65.6 Å². The molecule has 180 valence electrons. The van der Waals surface area contributed by atoms with Gasteiger partial charge in [-0.25, -0.2) is 4.99 Å². The van der Waals surface area contributed by atoms with Gasteiger partial charge in [-0.15, -0.1) is 0 Å². The number of aliphatic imine (C=N–C) groups is 1. The molecule has 2 aliphatic rings. The van der Waals surface area contributed by atoms with Crippen LogP contribution >= 0.6 is 0 Å². The summed E-state index contributed by atoms with van der Waals surface area (Å²) in [5.41, 5.74) is 2.79. The van der Waals surface area contributed by atoms with Crippen LogP contribution in [0.5, 0.6) is 17.2 Å². The monoisotopic (exact) mass is 469 g/mol. The molecule has 35 heavy (non-hydrogen) atoms. The molecule has 1 fully saturated rings. The van der Waals surface area contributed by atoms with E-state index in [0.717, 1.165) is 34.8 Å².